The van der Waals surface area contributed by atoms with Gasteiger partial charge in [0, 0.05) is 32.9 Å². The summed E-state index contributed by atoms with van der Waals surface area (Å²) in [5.41, 5.74) is -6.31. The van der Waals surface area contributed by atoms with Crippen molar-refractivity contribution in [2.45, 2.75) is 50.8 Å². The van der Waals surface area contributed by atoms with Crippen LogP contribution in [0.2, 0.25) is 0 Å². The third-order valence-electron chi connectivity index (χ3n) is 6.19. The fourth-order valence-corrected chi connectivity index (χ4v) is 3.85. The van der Waals surface area contributed by atoms with E-state index in [9.17, 15) is 62.3 Å². The van der Waals surface area contributed by atoms with E-state index in [1.807, 2.05) is 22.6 Å². The van der Waals surface area contributed by atoms with Crippen LogP contribution in [-0.2, 0) is 66.7 Å². The largest absolute Gasteiger partial charge is 0.442 e. The SMILES string of the molecule is C1CCOC1.CON(C)C(=O)CI.CON(C)C(=O)COCc1cc(C(F)(F)F)cc(C(F)(F)F)c1.[OH2+]Cc1cc(C(F)(F)F)cc(C(F)(F)F)c1. The molecular formula is C30H36F12IN2O7+. The molecule has 1 aliphatic heterocycles. The van der Waals surface area contributed by atoms with Crippen molar-refractivity contribution >= 4 is 34.4 Å². The number of hydrogen-bond donors (Lipinski definition) is 0. The molecule has 0 atom stereocenters. The van der Waals surface area contributed by atoms with E-state index < -0.39 is 72.7 Å². The predicted molar refractivity (Wildman–Crippen MR) is 168 cm³/mol. The summed E-state index contributed by atoms with van der Waals surface area (Å²) in [6.45, 7) is 0.227. The topological polar surface area (TPSA) is 100 Å². The van der Waals surface area contributed by atoms with Crippen LogP contribution in [0.3, 0.4) is 0 Å². The number of carbonyl (C=O) groups excluding carboxylic acids is 2. The average molecular weight is 892 g/mol. The third kappa shape index (κ3) is 19.2. The van der Waals surface area contributed by atoms with Crippen LogP contribution in [0, 0.1) is 0 Å². The van der Waals surface area contributed by atoms with Gasteiger partial charge in [-0.2, -0.15) is 52.7 Å². The second kappa shape index (κ2) is 22.3. The first-order chi connectivity index (χ1) is 23.8. The number of nitrogens with zero attached hydrogens (tertiary/aromatic N) is 2. The molecule has 1 aliphatic rings. The van der Waals surface area contributed by atoms with Gasteiger partial charge in [0.1, 0.15) is 6.61 Å². The summed E-state index contributed by atoms with van der Waals surface area (Å²) in [6, 6.07) is 2.23. The minimum absolute atomic E-state index is 0.0203. The number of likely N-dealkylation sites (N-methyl/N-ethyl adjacent to an activating group) is 1. The predicted octanol–water partition coefficient (Wildman–Crippen LogP) is 7.45. The Bertz CT molecular complexity index is 1310. The molecule has 22 heteroatoms. The molecule has 52 heavy (non-hydrogen) atoms. The van der Waals surface area contributed by atoms with Gasteiger partial charge in [-0.1, -0.05) is 22.6 Å². The van der Waals surface area contributed by atoms with Crippen molar-refractivity contribution in [3.8, 4) is 0 Å². The van der Waals surface area contributed by atoms with Crippen LogP contribution in [0.4, 0.5) is 52.7 Å². The monoisotopic (exact) mass is 891 g/mol. The average Bonchev–Trinajstić information content (AvgIpc) is 3.66. The van der Waals surface area contributed by atoms with Crippen molar-refractivity contribution in [2.24, 2.45) is 0 Å². The number of halogens is 13. The zero-order chi connectivity index (χ0) is 40.5. The zero-order valence-corrected chi connectivity index (χ0v) is 30.0. The molecule has 0 bridgehead atoms. The quantitative estimate of drug-likeness (QED) is 0.0899. The summed E-state index contributed by atoms with van der Waals surface area (Å²) in [4.78, 5) is 31.0. The van der Waals surface area contributed by atoms with Crippen molar-refractivity contribution < 1.29 is 86.5 Å². The number of hydrogen-bond acceptors (Lipinski definition) is 6. The van der Waals surface area contributed by atoms with Gasteiger partial charge in [-0.25, -0.2) is 10.1 Å². The number of hydroxylamine groups is 4. The summed E-state index contributed by atoms with van der Waals surface area (Å²) < 4.78 is 160. The molecule has 9 nitrogen and oxygen atoms in total. The Kier molecular flexibility index (Phi) is 21.1. The first kappa shape index (κ1) is 49.1. The second-order valence-electron chi connectivity index (χ2n) is 10.1. The van der Waals surface area contributed by atoms with Crippen molar-refractivity contribution in [1.29, 1.82) is 0 Å². The van der Waals surface area contributed by atoms with E-state index in [4.69, 9.17) is 14.6 Å². The van der Waals surface area contributed by atoms with Gasteiger partial charge < -0.3 is 14.6 Å². The molecule has 2 N–H and O–H groups in total. The fraction of sp³-hybridized carbons (Fsp3) is 0.533. The minimum atomic E-state index is -4.93. The number of ether oxygens (including phenoxy) is 2. The standard InChI is InChI=1S/C13H13F6NO3.C9H6F6O.C4H8INO2.C4H8O/c1-20(22-2)11(21)7-23-6-8-3-9(12(14,15)16)5-10(4-8)13(17,18)19;10-8(11,12)6-1-5(4-16)2-7(3-6)9(13,14)15;1-6(8-2)4(7)3-5;1-2-4-5-3-1/h3-5H,6-7H2,1-2H3;1-3,16H,4H2;3H2,1-2H3;1-4H2/p+1. The highest BCUT2D eigenvalue weighted by atomic mass is 127. The van der Waals surface area contributed by atoms with Crippen molar-refractivity contribution in [3.05, 3.63) is 69.8 Å². The summed E-state index contributed by atoms with van der Waals surface area (Å²) in [7, 11) is 5.53. The van der Waals surface area contributed by atoms with Crippen LogP contribution in [-0.4, -0.2) is 79.6 Å². The first-order valence-corrected chi connectivity index (χ1v) is 15.9. The fourth-order valence-electron chi connectivity index (χ4n) is 3.37. The number of benzene rings is 2. The van der Waals surface area contributed by atoms with Gasteiger partial charge in [-0.3, -0.25) is 19.3 Å². The van der Waals surface area contributed by atoms with E-state index in [1.165, 1.54) is 39.2 Å². The molecule has 0 unspecified atom stereocenters. The molecule has 2 aromatic carbocycles. The number of amides is 2. The van der Waals surface area contributed by atoms with Crippen molar-refractivity contribution in [2.75, 3.05) is 52.6 Å². The first-order valence-electron chi connectivity index (χ1n) is 14.4. The zero-order valence-electron chi connectivity index (χ0n) is 27.9. The lowest BCUT2D eigenvalue weighted by Crippen LogP contribution is -2.29. The Morgan fingerprint density at radius 2 is 1.02 bits per heavy atom. The highest BCUT2D eigenvalue weighted by molar-refractivity contribution is 14.1. The van der Waals surface area contributed by atoms with Crippen molar-refractivity contribution in [3.63, 3.8) is 0 Å². The van der Waals surface area contributed by atoms with Crippen LogP contribution in [0.5, 0.6) is 0 Å². The summed E-state index contributed by atoms with van der Waals surface area (Å²) >= 11 is 1.98. The molecule has 0 aliphatic carbocycles. The Labute approximate surface area is 303 Å². The van der Waals surface area contributed by atoms with Gasteiger partial charge in [0.05, 0.1) is 47.5 Å². The van der Waals surface area contributed by atoms with Gasteiger partial charge >= 0.3 is 24.7 Å². The Morgan fingerprint density at radius 3 is 1.27 bits per heavy atom. The minimum Gasteiger partial charge on any atom is -0.442 e. The molecule has 0 saturated carbocycles. The molecular weight excluding hydrogens is 855 g/mol. The molecule has 1 heterocycles. The number of rotatable bonds is 8. The molecule has 2 aromatic rings. The number of carbonyl (C=O) groups is 2. The van der Waals surface area contributed by atoms with Gasteiger partial charge in [0.2, 0.25) is 0 Å². The normalized spacial score (nSPS) is 13.1. The molecule has 2 amide bonds. The van der Waals surface area contributed by atoms with Gasteiger partial charge in [-0.05, 0) is 54.8 Å². The Morgan fingerprint density at radius 1 is 0.673 bits per heavy atom. The van der Waals surface area contributed by atoms with Crippen LogP contribution in [0.25, 0.3) is 0 Å². The summed E-state index contributed by atoms with van der Waals surface area (Å²) in [6.07, 6.45) is -17.0. The van der Waals surface area contributed by atoms with E-state index in [-0.39, 0.29) is 29.2 Å². The Balaban J connectivity index is 0.000000767. The molecule has 3 rings (SSSR count). The van der Waals surface area contributed by atoms with Gasteiger partial charge in [0.15, 0.2) is 6.61 Å². The third-order valence-corrected chi connectivity index (χ3v) is 6.84. The highest BCUT2D eigenvalue weighted by Gasteiger charge is 2.38. The summed E-state index contributed by atoms with van der Waals surface area (Å²) in [5, 5.41) is 8.82. The maximum atomic E-state index is 12.7. The van der Waals surface area contributed by atoms with Crippen LogP contribution in [0.15, 0.2) is 36.4 Å². The van der Waals surface area contributed by atoms with Gasteiger partial charge in [-0.15, -0.1) is 0 Å². The second-order valence-corrected chi connectivity index (χ2v) is 10.9. The molecule has 0 radical (unpaired) electrons. The van der Waals surface area contributed by atoms with Crippen LogP contribution >= 0.6 is 22.6 Å². The molecule has 1 fully saturated rings. The van der Waals surface area contributed by atoms with Gasteiger partial charge in [0.25, 0.3) is 11.8 Å². The van der Waals surface area contributed by atoms with Crippen LogP contribution in [0.1, 0.15) is 46.2 Å². The summed E-state index contributed by atoms with van der Waals surface area (Å²) in [5.74, 6) is -0.663. The molecule has 1 saturated heterocycles. The maximum absolute atomic E-state index is 12.7. The molecule has 298 valence electrons. The van der Waals surface area contributed by atoms with Crippen LogP contribution < -0.4 is 0 Å². The van der Waals surface area contributed by atoms with E-state index in [2.05, 4.69) is 9.68 Å². The lowest BCUT2D eigenvalue weighted by Gasteiger charge is -2.15. The lowest BCUT2D eigenvalue weighted by molar-refractivity contribution is -0.173. The van der Waals surface area contributed by atoms with E-state index in [0.29, 0.717) is 28.7 Å². The smallest absolute Gasteiger partial charge is 0.416 e. The molecule has 0 spiro atoms. The Hall–Kier alpha value is -2.93. The van der Waals surface area contributed by atoms with E-state index in [0.717, 1.165) is 18.3 Å². The van der Waals surface area contributed by atoms with E-state index >= 15 is 0 Å². The highest BCUT2D eigenvalue weighted by Crippen LogP contribution is 2.37. The maximum Gasteiger partial charge on any atom is 0.416 e. The van der Waals surface area contributed by atoms with Crippen molar-refractivity contribution in [1.82, 2.24) is 10.1 Å². The van der Waals surface area contributed by atoms with E-state index in [1.54, 1.807) is 7.05 Å². The number of alkyl halides is 13. The lowest BCUT2D eigenvalue weighted by atomic mass is 10.1. The molecule has 0 aromatic heterocycles.